The van der Waals surface area contributed by atoms with Gasteiger partial charge in [-0.2, -0.15) is 4.98 Å². The van der Waals surface area contributed by atoms with Gasteiger partial charge >= 0.3 is 0 Å². The van der Waals surface area contributed by atoms with Crippen molar-refractivity contribution in [2.24, 2.45) is 0 Å². The molecule has 0 aromatic carbocycles. The number of anilines is 1. The van der Waals surface area contributed by atoms with E-state index in [0.29, 0.717) is 24.2 Å². The van der Waals surface area contributed by atoms with Crippen molar-refractivity contribution in [3.8, 4) is 0 Å². The van der Waals surface area contributed by atoms with Gasteiger partial charge in [-0.05, 0) is 27.7 Å². The van der Waals surface area contributed by atoms with Crippen LogP contribution >= 0.6 is 0 Å². The number of fused-ring (bicyclic) bond motifs is 1. The second-order valence-electron chi connectivity index (χ2n) is 5.77. The van der Waals surface area contributed by atoms with Gasteiger partial charge in [0.15, 0.2) is 11.9 Å². The van der Waals surface area contributed by atoms with Crippen LogP contribution in [-0.2, 0) is 20.9 Å². The summed E-state index contributed by atoms with van der Waals surface area (Å²) < 4.78 is 19.0. The Morgan fingerprint density at radius 1 is 1.13 bits per heavy atom. The quantitative estimate of drug-likeness (QED) is 0.704. The number of hydrogen-bond acceptors (Lipinski definition) is 7. The smallest absolute Gasteiger partial charge is 0.222 e. The molecular formula is C15H25N5O3. The number of nitrogens with two attached hydrogens (primary N) is 1. The monoisotopic (exact) mass is 323 g/mol. The number of nitrogens with zero attached hydrogens (tertiary/aromatic N) is 4. The summed E-state index contributed by atoms with van der Waals surface area (Å²) in [5, 5.41) is 0. The van der Waals surface area contributed by atoms with Crippen LogP contribution in [0.5, 0.6) is 0 Å². The SMILES string of the molecule is CC(C)OCCC(OCn1cnc2cnc(N)nc21)OC(C)C. The largest absolute Gasteiger partial charge is 0.379 e. The Balaban J connectivity index is 1.96. The van der Waals surface area contributed by atoms with E-state index in [-0.39, 0.29) is 31.2 Å². The average Bonchev–Trinajstić information content (AvgIpc) is 2.86. The molecule has 8 nitrogen and oxygen atoms in total. The Kier molecular flexibility index (Phi) is 6.26. The van der Waals surface area contributed by atoms with Gasteiger partial charge in [0.1, 0.15) is 12.2 Å². The lowest BCUT2D eigenvalue weighted by Gasteiger charge is -2.21. The molecule has 2 rings (SSSR count). The highest BCUT2D eigenvalue weighted by molar-refractivity contribution is 5.70. The number of imidazole rings is 1. The second kappa shape index (κ2) is 8.19. The molecule has 128 valence electrons. The van der Waals surface area contributed by atoms with E-state index in [1.165, 1.54) is 0 Å². The predicted octanol–water partition coefficient (Wildman–Crippen LogP) is 1.95. The first-order valence-electron chi connectivity index (χ1n) is 7.77. The molecular weight excluding hydrogens is 298 g/mol. The number of ether oxygens (including phenoxy) is 3. The van der Waals surface area contributed by atoms with E-state index in [1.54, 1.807) is 17.1 Å². The summed E-state index contributed by atoms with van der Waals surface area (Å²) in [6.07, 6.45) is 3.79. The minimum Gasteiger partial charge on any atom is -0.379 e. The van der Waals surface area contributed by atoms with Crippen molar-refractivity contribution in [1.82, 2.24) is 19.5 Å². The molecule has 0 saturated heterocycles. The highest BCUT2D eigenvalue weighted by atomic mass is 16.7. The topological polar surface area (TPSA) is 97.3 Å². The molecule has 1 unspecified atom stereocenters. The summed E-state index contributed by atoms with van der Waals surface area (Å²) in [6.45, 7) is 8.79. The molecule has 0 aliphatic heterocycles. The summed E-state index contributed by atoms with van der Waals surface area (Å²) in [5.41, 5.74) is 6.93. The Labute approximate surface area is 136 Å². The first kappa shape index (κ1) is 17.6. The van der Waals surface area contributed by atoms with Crippen molar-refractivity contribution in [3.63, 3.8) is 0 Å². The van der Waals surface area contributed by atoms with E-state index >= 15 is 0 Å². The van der Waals surface area contributed by atoms with Crippen molar-refractivity contribution in [2.45, 2.75) is 59.3 Å². The highest BCUT2D eigenvalue weighted by Gasteiger charge is 2.14. The molecule has 1 atom stereocenters. The first-order chi connectivity index (χ1) is 11.0. The van der Waals surface area contributed by atoms with Gasteiger partial charge in [0.25, 0.3) is 0 Å². The first-order valence-corrected chi connectivity index (χ1v) is 7.77. The third-order valence-electron chi connectivity index (χ3n) is 3.01. The summed E-state index contributed by atoms with van der Waals surface area (Å²) in [7, 11) is 0. The van der Waals surface area contributed by atoms with Crippen molar-refractivity contribution in [2.75, 3.05) is 12.3 Å². The molecule has 0 bridgehead atoms. The van der Waals surface area contributed by atoms with Crippen LogP contribution in [0.2, 0.25) is 0 Å². The molecule has 0 aliphatic rings. The van der Waals surface area contributed by atoms with Crippen LogP contribution in [0.3, 0.4) is 0 Å². The fourth-order valence-electron chi connectivity index (χ4n) is 2.02. The van der Waals surface area contributed by atoms with E-state index in [9.17, 15) is 0 Å². The molecule has 8 heteroatoms. The zero-order valence-electron chi connectivity index (χ0n) is 14.1. The van der Waals surface area contributed by atoms with Crippen LogP contribution in [0, 0.1) is 0 Å². The zero-order valence-corrected chi connectivity index (χ0v) is 14.1. The predicted molar refractivity (Wildman–Crippen MR) is 86.5 cm³/mol. The fraction of sp³-hybridized carbons (Fsp3) is 0.667. The maximum Gasteiger partial charge on any atom is 0.222 e. The number of aromatic nitrogens is 4. The van der Waals surface area contributed by atoms with E-state index in [0.717, 1.165) is 0 Å². The zero-order chi connectivity index (χ0) is 16.8. The van der Waals surface area contributed by atoms with Crippen LogP contribution in [0.15, 0.2) is 12.5 Å². The summed E-state index contributed by atoms with van der Waals surface area (Å²) in [5.74, 6) is 0.208. The maximum absolute atomic E-state index is 5.85. The van der Waals surface area contributed by atoms with E-state index in [1.807, 2.05) is 27.7 Å². The van der Waals surface area contributed by atoms with Gasteiger partial charge in [-0.1, -0.05) is 0 Å². The third-order valence-corrected chi connectivity index (χ3v) is 3.01. The number of nitrogen functional groups attached to an aromatic ring is 1. The van der Waals surface area contributed by atoms with Gasteiger partial charge in [-0.15, -0.1) is 0 Å². The Morgan fingerprint density at radius 2 is 1.91 bits per heavy atom. The van der Waals surface area contributed by atoms with Gasteiger partial charge in [0.2, 0.25) is 5.95 Å². The molecule has 2 aromatic heterocycles. The Hall–Kier alpha value is -1.77. The Bertz CT molecular complexity index is 614. The van der Waals surface area contributed by atoms with Gasteiger partial charge in [0, 0.05) is 6.42 Å². The van der Waals surface area contributed by atoms with Crippen molar-refractivity contribution < 1.29 is 14.2 Å². The normalized spacial score (nSPS) is 13.3. The summed E-state index contributed by atoms with van der Waals surface area (Å²) in [4.78, 5) is 12.3. The minimum atomic E-state index is -0.356. The van der Waals surface area contributed by atoms with E-state index in [2.05, 4.69) is 15.0 Å². The van der Waals surface area contributed by atoms with Crippen molar-refractivity contribution in [1.29, 1.82) is 0 Å². The summed E-state index contributed by atoms with van der Waals surface area (Å²) >= 11 is 0. The minimum absolute atomic E-state index is 0.0663. The van der Waals surface area contributed by atoms with Crippen LogP contribution < -0.4 is 5.73 Å². The molecule has 0 aliphatic carbocycles. The van der Waals surface area contributed by atoms with E-state index in [4.69, 9.17) is 19.9 Å². The van der Waals surface area contributed by atoms with Gasteiger partial charge in [-0.25, -0.2) is 9.97 Å². The van der Waals surface area contributed by atoms with E-state index < -0.39 is 0 Å². The standard InChI is InChI=1S/C15H25N5O3/c1-10(2)21-6-5-13(23-11(3)4)22-9-20-8-18-12-7-17-15(16)19-14(12)20/h7-8,10-11,13H,5-6,9H2,1-4H3,(H2,16,17,19). The maximum atomic E-state index is 5.85. The lowest BCUT2D eigenvalue weighted by atomic mass is 10.4. The van der Waals surface area contributed by atoms with Gasteiger partial charge < -0.3 is 19.9 Å². The fourth-order valence-corrected chi connectivity index (χ4v) is 2.02. The van der Waals surface area contributed by atoms with Crippen LogP contribution in [0.4, 0.5) is 5.95 Å². The molecule has 2 N–H and O–H groups in total. The molecule has 0 fully saturated rings. The average molecular weight is 323 g/mol. The van der Waals surface area contributed by atoms with Crippen LogP contribution in [-0.4, -0.2) is 44.6 Å². The molecule has 0 spiro atoms. The van der Waals surface area contributed by atoms with Crippen LogP contribution in [0.25, 0.3) is 11.2 Å². The molecule has 0 amide bonds. The molecule has 2 heterocycles. The lowest BCUT2D eigenvalue weighted by molar-refractivity contribution is -0.189. The molecule has 2 aromatic rings. The van der Waals surface area contributed by atoms with Gasteiger partial charge in [0.05, 0.1) is 31.3 Å². The number of rotatable bonds is 9. The molecule has 0 saturated carbocycles. The van der Waals surface area contributed by atoms with Crippen molar-refractivity contribution >= 4 is 17.1 Å². The molecule has 23 heavy (non-hydrogen) atoms. The van der Waals surface area contributed by atoms with Crippen LogP contribution in [0.1, 0.15) is 34.1 Å². The second-order valence-corrected chi connectivity index (χ2v) is 5.77. The summed E-state index contributed by atoms with van der Waals surface area (Å²) in [6, 6.07) is 0. The highest BCUT2D eigenvalue weighted by Crippen LogP contribution is 2.12. The lowest BCUT2D eigenvalue weighted by Crippen LogP contribution is -2.25. The molecule has 0 radical (unpaired) electrons. The number of hydrogen-bond donors (Lipinski definition) is 1. The van der Waals surface area contributed by atoms with Gasteiger partial charge in [-0.3, -0.25) is 4.57 Å². The third kappa shape index (κ3) is 5.42. The van der Waals surface area contributed by atoms with Crippen molar-refractivity contribution in [3.05, 3.63) is 12.5 Å². The Morgan fingerprint density at radius 3 is 2.61 bits per heavy atom.